The minimum atomic E-state index is 0.173. The Hall–Kier alpha value is -0.840. The summed E-state index contributed by atoms with van der Waals surface area (Å²) >= 11 is 5.54. The third kappa shape index (κ3) is 2.71. The summed E-state index contributed by atoms with van der Waals surface area (Å²) in [5.74, 6) is 1.97. The molecule has 0 unspecified atom stereocenters. The summed E-state index contributed by atoms with van der Waals surface area (Å²) < 4.78 is 0. The van der Waals surface area contributed by atoms with Gasteiger partial charge >= 0.3 is 0 Å². The van der Waals surface area contributed by atoms with Crippen LogP contribution in [-0.4, -0.2) is 53.0 Å². The second kappa shape index (κ2) is 5.27. The molecule has 0 spiro atoms. The lowest BCUT2D eigenvalue weighted by atomic mass is 9.95. The molecule has 19 heavy (non-hydrogen) atoms. The molecule has 0 aromatic heterocycles. The number of nitrogens with one attached hydrogen (secondary N) is 1. The van der Waals surface area contributed by atoms with Gasteiger partial charge in [-0.1, -0.05) is 6.42 Å². The molecule has 1 aliphatic heterocycles. The Morgan fingerprint density at radius 3 is 2.32 bits per heavy atom. The van der Waals surface area contributed by atoms with Gasteiger partial charge in [-0.05, 0) is 43.3 Å². The first-order valence-electron chi connectivity index (χ1n) is 7.44. The molecule has 1 N–H and O–H groups in total. The van der Waals surface area contributed by atoms with Gasteiger partial charge in [-0.2, -0.15) is 0 Å². The number of amides is 1. The Kier molecular flexibility index (Phi) is 3.65. The Balaban J connectivity index is 1.48. The van der Waals surface area contributed by atoms with Gasteiger partial charge in [0.05, 0.1) is 0 Å². The summed E-state index contributed by atoms with van der Waals surface area (Å²) in [6.07, 6.45) is 5.51. The number of nitrogens with zero attached hydrogens (tertiary/aromatic N) is 2. The molecule has 0 aromatic rings. The van der Waals surface area contributed by atoms with Gasteiger partial charge in [-0.25, -0.2) is 0 Å². The van der Waals surface area contributed by atoms with Crippen molar-refractivity contribution in [2.24, 2.45) is 11.8 Å². The maximum atomic E-state index is 11.3. The van der Waals surface area contributed by atoms with Gasteiger partial charge in [0.15, 0.2) is 5.11 Å². The van der Waals surface area contributed by atoms with E-state index in [9.17, 15) is 4.79 Å². The van der Waals surface area contributed by atoms with E-state index in [0.29, 0.717) is 6.04 Å². The Morgan fingerprint density at radius 1 is 1.11 bits per heavy atom. The molecular weight excluding hydrogens is 258 g/mol. The molecule has 3 fully saturated rings. The van der Waals surface area contributed by atoms with Crippen LogP contribution in [0, 0.1) is 11.8 Å². The van der Waals surface area contributed by atoms with Crippen molar-refractivity contribution in [2.45, 2.75) is 38.6 Å². The maximum Gasteiger partial charge on any atom is 0.219 e. The SMILES string of the molecule is CC(=O)N1CCN(C(=S)N[C@@H]2C[C@@H]3CC[C@@H]2C3)CC1. The first-order valence-corrected chi connectivity index (χ1v) is 7.85. The Labute approximate surface area is 120 Å². The molecule has 5 heteroatoms. The topological polar surface area (TPSA) is 35.6 Å². The molecule has 3 aliphatic rings. The first-order chi connectivity index (χ1) is 9.13. The number of hydrogen-bond acceptors (Lipinski definition) is 2. The number of thiocarbonyl (C=S) groups is 1. The predicted molar refractivity (Wildman–Crippen MR) is 78.8 cm³/mol. The zero-order chi connectivity index (χ0) is 13.4. The maximum absolute atomic E-state index is 11.3. The van der Waals surface area contributed by atoms with Crippen molar-refractivity contribution in [3.8, 4) is 0 Å². The van der Waals surface area contributed by atoms with E-state index in [1.807, 2.05) is 4.90 Å². The lowest BCUT2D eigenvalue weighted by molar-refractivity contribution is -0.130. The largest absolute Gasteiger partial charge is 0.360 e. The van der Waals surface area contributed by atoms with Gasteiger partial charge in [0.2, 0.25) is 5.91 Å². The van der Waals surface area contributed by atoms with E-state index < -0.39 is 0 Å². The van der Waals surface area contributed by atoms with Crippen LogP contribution in [-0.2, 0) is 4.79 Å². The van der Waals surface area contributed by atoms with Crippen LogP contribution in [0.3, 0.4) is 0 Å². The standard InChI is InChI=1S/C14H23N3OS/c1-10(18)16-4-6-17(7-5-16)14(19)15-13-9-11-2-3-12(13)8-11/h11-13H,2-9H2,1H3,(H,15,19)/t11-,12-,13-/m1/s1. The van der Waals surface area contributed by atoms with Crippen LogP contribution in [0.2, 0.25) is 0 Å². The van der Waals surface area contributed by atoms with E-state index in [2.05, 4.69) is 10.2 Å². The van der Waals surface area contributed by atoms with Gasteiger partial charge in [-0.3, -0.25) is 4.79 Å². The quantitative estimate of drug-likeness (QED) is 0.733. The summed E-state index contributed by atoms with van der Waals surface area (Å²) in [4.78, 5) is 15.4. The van der Waals surface area contributed by atoms with Gasteiger partial charge in [0.25, 0.3) is 0 Å². The van der Waals surface area contributed by atoms with E-state index >= 15 is 0 Å². The van der Waals surface area contributed by atoms with Crippen LogP contribution in [0.1, 0.15) is 32.6 Å². The molecule has 0 radical (unpaired) electrons. The zero-order valence-electron chi connectivity index (χ0n) is 11.6. The molecular formula is C14H23N3OS. The molecule has 2 bridgehead atoms. The van der Waals surface area contributed by atoms with Crippen molar-refractivity contribution in [3.05, 3.63) is 0 Å². The number of carbonyl (C=O) groups is 1. The fourth-order valence-electron chi connectivity index (χ4n) is 3.90. The summed E-state index contributed by atoms with van der Waals surface area (Å²) in [5, 5.41) is 4.48. The molecule has 106 valence electrons. The number of piperazine rings is 1. The van der Waals surface area contributed by atoms with E-state index in [4.69, 9.17) is 12.2 Å². The third-order valence-electron chi connectivity index (χ3n) is 5.06. The summed E-state index contributed by atoms with van der Waals surface area (Å²) in [6, 6.07) is 0.608. The molecule has 4 nitrogen and oxygen atoms in total. The van der Waals surface area contributed by atoms with Gasteiger partial charge in [0, 0.05) is 39.1 Å². The first kappa shape index (κ1) is 13.2. The lowest BCUT2D eigenvalue weighted by Gasteiger charge is -2.37. The number of fused-ring (bicyclic) bond motifs is 2. The van der Waals surface area contributed by atoms with Crippen molar-refractivity contribution in [2.75, 3.05) is 26.2 Å². The second-order valence-corrected chi connectivity index (χ2v) is 6.61. The van der Waals surface area contributed by atoms with Crippen LogP contribution in [0.15, 0.2) is 0 Å². The van der Waals surface area contributed by atoms with E-state index in [1.54, 1.807) is 6.92 Å². The van der Waals surface area contributed by atoms with Crippen molar-refractivity contribution in [1.29, 1.82) is 0 Å². The van der Waals surface area contributed by atoms with Gasteiger partial charge in [0.1, 0.15) is 0 Å². The molecule has 2 aliphatic carbocycles. The fraction of sp³-hybridized carbons (Fsp3) is 0.857. The minimum Gasteiger partial charge on any atom is -0.360 e. The number of carbonyl (C=O) groups excluding carboxylic acids is 1. The van der Waals surface area contributed by atoms with E-state index in [1.165, 1.54) is 25.7 Å². The van der Waals surface area contributed by atoms with Crippen LogP contribution in [0.5, 0.6) is 0 Å². The minimum absolute atomic E-state index is 0.173. The van der Waals surface area contributed by atoms with Crippen LogP contribution < -0.4 is 5.32 Å². The highest BCUT2D eigenvalue weighted by Crippen LogP contribution is 2.44. The summed E-state index contributed by atoms with van der Waals surface area (Å²) in [7, 11) is 0. The van der Waals surface area contributed by atoms with Crippen LogP contribution >= 0.6 is 12.2 Å². The second-order valence-electron chi connectivity index (χ2n) is 6.22. The van der Waals surface area contributed by atoms with E-state index in [0.717, 1.165) is 43.1 Å². The third-order valence-corrected chi connectivity index (χ3v) is 5.44. The van der Waals surface area contributed by atoms with Gasteiger partial charge < -0.3 is 15.1 Å². The lowest BCUT2D eigenvalue weighted by Crippen LogP contribution is -2.54. The van der Waals surface area contributed by atoms with Crippen molar-refractivity contribution in [1.82, 2.24) is 15.1 Å². The average Bonchev–Trinajstić information content (AvgIpc) is 3.01. The van der Waals surface area contributed by atoms with Gasteiger partial charge in [-0.15, -0.1) is 0 Å². The van der Waals surface area contributed by atoms with Crippen LogP contribution in [0.4, 0.5) is 0 Å². The fourth-order valence-corrected chi connectivity index (χ4v) is 4.23. The average molecular weight is 281 g/mol. The molecule has 1 heterocycles. The Bertz CT molecular complexity index is 379. The number of rotatable bonds is 1. The predicted octanol–water partition coefficient (Wildman–Crippen LogP) is 1.21. The molecule has 1 saturated heterocycles. The summed E-state index contributed by atoms with van der Waals surface area (Å²) in [5.41, 5.74) is 0. The highest BCUT2D eigenvalue weighted by Gasteiger charge is 2.40. The zero-order valence-corrected chi connectivity index (χ0v) is 12.4. The molecule has 1 amide bonds. The molecule has 3 rings (SSSR count). The smallest absolute Gasteiger partial charge is 0.219 e. The molecule has 2 saturated carbocycles. The monoisotopic (exact) mass is 281 g/mol. The molecule has 3 atom stereocenters. The Morgan fingerprint density at radius 2 is 1.79 bits per heavy atom. The number of hydrogen-bond donors (Lipinski definition) is 1. The van der Waals surface area contributed by atoms with Crippen molar-refractivity contribution < 1.29 is 4.79 Å². The van der Waals surface area contributed by atoms with Crippen molar-refractivity contribution >= 4 is 23.2 Å². The van der Waals surface area contributed by atoms with E-state index in [-0.39, 0.29) is 5.91 Å². The highest BCUT2D eigenvalue weighted by molar-refractivity contribution is 7.80. The van der Waals surface area contributed by atoms with Crippen molar-refractivity contribution in [3.63, 3.8) is 0 Å². The molecule has 0 aromatic carbocycles. The normalized spacial score (nSPS) is 33.6. The highest BCUT2D eigenvalue weighted by atomic mass is 32.1. The summed E-state index contributed by atoms with van der Waals surface area (Å²) in [6.45, 7) is 4.97. The van der Waals surface area contributed by atoms with Crippen LogP contribution in [0.25, 0.3) is 0 Å².